The Morgan fingerprint density at radius 2 is 2.07 bits per heavy atom. The second kappa shape index (κ2) is 8.70. The van der Waals surface area contributed by atoms with Crippen molar-refractivity contribution in [2.45, 2.75) is 37.5 Å². The average Bonchev–Trinajstić information content (AvgIpc) is 3.24. The van der Waals surface area contributed by atoms with Crippen LogP contribution in [0.1, 0.15) is 28.5 Å². The number of benzene rings is 1. The van der Waals surface area contributed by atoms with E-state index in [1.54, 1.807) is 17.4 Å². The van der Waals surface area contributed by atoms with Crippen molar-refractivity contribution >= 4 is 11.3 Å². The van der Waals surface area contributed by atoms with Crippen LogP contribution in [0.25, 0.3) is 0 Å². The van der Waals surface area contributed by atoms with E-state index in [0.29, 0.717) is 25.1 Å². The first-order chi connectivity index (χ1) is 12.8. The summed E-state index contributed by atoms with van der Waals surface area (Å²) in [7, 11) is 0. The maximum absolute atomic E-state index is 13.0. The van der Waals surface area contributed by atoms with Crippen LogP contribution in [0.5, 0.6) is 0 Å². The number of nitrogens with zero attached hydrogens (tertiary/aromatic N) is 1. The number of rotatable bonds is 7. The van der Waals surface area contributed by atoms with E-state index in [1.165, 1.54) is 6.07 Å². The fourth-order valence-corrected chi connectivity index (χ4v) is 4.00. The zero-order valence-corrected chi connectivity index (χ0v) is 15.4. The third-order valence-corrected chi connectivity index (χ3v) is 5.41. The van der Waals surface area contributed by atoms with E-state index in [9.17, 15) is 23.4 Å². The molecule has 0 unspecified atom stereocenters. The van der Waals surface area contributed by atoms with Crippen LogP contribution in [0, 0.1) is 0 Å². The summed E-state index contributed by atoms with van der Waals surface area (Å²) >= 11 is 1.57. The fourth-order valence-electron chi connectivity index (χ4n) is 3.36. The number of ether oxygens (including phenoxy) is 1. The van der Waals surface area contributed by atoms with Gasteiger partial charge in [-0.05, 0) is 35.6 Å². The Morgan fingerprint density at radius 1 is 1.26 bits per heavy atom. The standard InChI is InChI=1S/C19H22F3NO3S/c20-19(21,22)14-4-1-3-13(7-14)18-8-15(24)9-23(18)10-16(25)11-26-12-17-5-2-6-27-17/h1-7,15-16,18,24-25H,8-12H2/t15-,16+,18-/m1/s1. The maximum Gasteiger partial charge on any atom is 0.416 e. The molecule has 0 aliphatic carbocycles. The number of hydrogen-bond donors (Lipinski definition) is 2. The fraction of sp³-hybridized carbons (Fsp3) is 0.474. The van der Waals surface area contributed by atoms with Crippen molar-refractivity contribution in [2.24, 2.45) is 0 Å². The van der Waals surface area contributed by atoms with Gasteiger partial charge in [0.1, 0.15) is 0 Å². The smallest absolute Gasteiger partial charge is 0.392 e. The van der Waals surface area contributed by atoms with E-state index in [0.717, 1.165) is 17.0 Å². The number of thiophene rings is 1. The molecule has 0 bridgehead atoms. The third kappa shape index (κ3) is 5.52. The summed E-state index contributed by atoms with van der Waals surface area (Å²) in [6.45, 7) is 1.07. The number of hydrogen-bond acceptors (Lipinski definition) is 5. The highest BCUT2D eigenvalue weighted by atomic mass is 32.1. The van der Waals surface area contributed by atoms with Crippen LogP contribution in [-0.2, 0) is 17.5 Å². The first kappa shape index (κ1) is 20.3. The molecular formula is C19H22F3NO3S. The first-order valence-corrected chi connectivity index (χ1v) is 9.58. The van der Waals surface area contributed by atoms with Gasteiger partial charge in [0.25, 0.3) is 0 Å². The van der Waals surface area contributed by atoms with Crippen molar-refractivity contribution < 1.29 is 28.1 Å². The van der Waals surface area contributed by atoms with E-state index >= 15 is 0 Å². The van der Waals surface area contributed by atoms with Crippen molar-refractivity contribution in [3.05, 3.63) is 57.8 Å². The molecule has 2 aromatic rings. The molecule has 1 aliphatic rings. The number of halogens is 3. The molecule has 27 heavy (non-hydrogen) atoms. The Kier molecular flexibility index (Phi) is 6.54. The van der Waals surface area contributed by atoms with Gasteiger partial charge in [0.05, 0.1) is 31.0 Å². The molecule has 2 N–H and O–H groups in total. The van der Waals surface area contributed by atoms with Gasteiger partial charge >= 0.3 is 6.18 Å². The van der Waals surface area contributed by atoms with E-state index in [-0.39, 0.29) is 19.2 Å². The van der Waals surface area contributed by atoms with Crippen LogP contribution in [0.4, 0.5) is 13.2 Å². The van der Waals surface area contributed by atoms with Crippen LogP contribution in [-0.4, -0.2) is 47.0 Å². The number of β-amino-alcohol motifs (C(OH)–C–C–N with tert-alkyl or cyclic N) is 2. The topological polar surface area (TPSA) is 52.9 Å². The largest absolute Gasteiger partial charge is 0.416 e. The summed E-state index contributed by atoms with van der Waals surface area (Å²) in [5.74, 6) is 0. The Labute approximate surface area is 159 Å². The van der Waals surface area contributed by atoms with Crippen molar-refractivity contribution in [1.82, 2.24) is 4.90 Å². The van der Waals surface area contributed by atoms with Gasteiger partial charge in [0, 0.05) is 24.0 Å². The predicted molar refractivity (Wildman–Crippen MR) is 96.4 cm³/mol. The summed E-state index contributed by atoms with van der Waals surface area (Å²) in [5.41, 5.74) is -0.214. The maximum atomic E-state index is 13.0. The molecule has 148 valence electrons. The molecule has 1 fully saturated rings. The zero-order chi connectivity index (χ0) is 19.4. The summed E-state index contributed by atoms with van der Waals surface area (Å²) in [4.78, 5) is 2.87. The summed E-state index contributed by atoms with van der Waals surface area (Å²) < 4.78 is 44.4. The van der Waals surface area contributed by atoms with Gasteiger partial charge < -0.3 is 14.9 Å². The van der Waals surface area contributed by atoms with E-state index < -0.39 is 23.9 Å². The molecule has 0 radical (unpaired) electrons. The Morgan fingerprint density at radius 3 is 2.78 bits per heavy atom. The quantitative estimate of drug-likeness (QED) is 0.746. The second-order valence-corrected chi connectivity index (χ2v) is 7.76. The Bertz CT molecular complexity index is 723. The molecule has 1 saturated heterocycles. The Balaban J connectivity index is 1.60. The van der Waals surface area contributed by atoms with Crippen molar-refractivity contribution in [1.29, 1.82) is 0 Å². The SMILES string of the molecule is O[C@H](COCc1cccs1)CN1C[C@H](O)C[C@@H]1c1cccc(C(F)(F)F)c1. The lowest BCUT2D eigenvalue weighted by Crippen LogP contribution is -2.35. The van der Waals surface area contributed by atoms with Gasteiger partial charge in [0.15, 0.2) is 0 Å². The molecular weight excluding hydrogens is 379 g/mol. The number of aliphatic hydroxyl groups excluding tert-OH is 2. The summed E-state index contributed by atoms with van der Waals surface area (Å²) in [6.07, 6.45) is -5.50. The third-order valence-electron chi connectivity index (χ3n) is 4.56. The van der Waals surface area contributed by atoms with Crippen LogP contribution >= 0.6 is 11.3 Å². The van der Waals surface area contributed by atoms with E-state index in [1.807, 2.05) is 22.4 Å². The van der Waals surface area contributed by atoms with Crippen LogP contribution in [0.2, 0.25) is 0 Å². The summed E-state index contributed by atoms with van der Waals surface area (Å²) in [5, 5.41) is 22.2. The minimum absolute atomic E-state index is 0.125. The highest BCUT2D eigenvalue weighted by Crippen LogP contribution is 2.36. The molecule has 3 atom stereocenters. The zero-order valence-electron chi connectivity index (χ0n) is 14.6. The molecule has 1 aromatic heterocycles. The van der Waals surface area contributed by atoms with Gasteiger partial charge in [-0.3, -0.25) is 4.90 Å². The molecule has 1 aromatic carbocycles. The van der Waals surface area contributed by atoms with Crippen molar-refractivity contribution in [2.75, 3.05) is 19.7 Å². The van der Waals surface area contributed by atoms with Crippen LogP contribution in [0.15, 0.2) is 41.8 Å². The minimum Gasteiger partial charge on any atom is -0.392 e. The number of alkyl halides is 3. The lowest BCUT2D eigenvalue weighted by molar-refractivity contribution is -0.137. The lowest BCUT2D eigenvalue weighted by Gasteiger charge is -2.27. The minimum atomic E-state index is -4.41. The van der Waals surface area contributed by atoms with Gasteiger partial charge in [-0.15, -0.1) is 11.3 Å². The molecule has 4 nitrogen and oxygen atoms in total. The molecule has 1 aliphatic heterocycles. The van der Waals surface area contributed by atoms with Crippen molar-refractivity contribution in [3.63, 3.8) is 0 Å². The molecule has 8 heteroatoms. The van der Waals surface area contributed by atoms with Crippen LogP contribution < -0.4 is 0 Å². The molecule has 2 heterocycles. The monoisotopic (exact) mass is 401 g/mol. The van der Waals surface area contributed by atoms with Gasteiger partial charge in [0.2, 0.25) is 0 Å². The number of likely N-dealkylation sites (tertiary alicyclic amines) is 1. The highest BCUT2D eigenvalue weighted by Gasteiger charge is 2.35. The second-order valence-electron chi connectivity index (χ2n) is 6.73. The Hall–Kier alpha value is -1.45. The molecule has 3 rings (SSSR count). The van der Waals surface area contributed by atoms with Gasteiger partial charge in [-0.2, -0.15) is 13.2 Å². The molecule has 0 amide bonds. The van der Waals surface area contributed by atoms with E-state index in [2.05, 4.69) is 0 Å². The predicted octanol–water partition coefficient (Wildman–Crippen LogP) is 3.45. The van der Waals surface area contributed by atoms with Crippen LogP contribution in [0.3, 0.4) is 0 Å². The number of aliphatic hydroxyl groups is 2. The first-order valence-electron chi connectivity index (χ1n) is 8.70. The lowest BCUT2D eigenvalue weighted by atomic mass is 10.0. The average molecular weight is 401 g/mol. The normalized spacial score (nSPS) is 22.3. The van der Waals surface area contributed by atoms with Gasteiger partial charge in [-0.1, -0.05) is 18.2 Å². The highest BCUT2D eigenvalue weighted by molar-refractivity contribution is 7.09. The van der Waals surface area contributed by atoms with Crippen molar-refractivity contribution in [3.8, 4) is 0 Å². The summed E-state index contributed by atoms with van der Waals surface area (Å²) in [6, 6.07) is 8.66. The molecule has 0 saturated carbocycles. The van der Waals surface area contributed by atoms with E-state index in [4.69, 9.17) is 4.74 Å². The molecule has 0 spiro atoms. The van der Waals surface area contributed by atoms with Gasteiger partial charge in [-0.25, -0.2) is 0 Å².